The van der Waals surface area contributed by atoms with Gasteiger partial charge in [0.05, 0.1) is 0 Å². The van der Waals surface area contributed by atoms with Gasteiger partial charge in [-0.25, -0.2) is 8.78 Å². The van der Waals surface area contributed by atoms with E-state index in [1.165, 1.54) is 23.3 Å². The summed E-state index contributed by atoms with van der Waals surface area (Å²) in [5, 5.41) is 2.99. The van der Waals surface area contributed by atoms with Crippen molar-refractivity contribution in [3.8, 4) is 0 Å². The van der Waals surface area contributed by atoms with Gasteiger partial charge in [-0.15, -0.1) is 0 Å². The van der Waals surface area contributed by atoms with Crippen LogP contribution in [0, 0.1) is 18.6 Å². The van der Waals surface area contributed by atoms with Crippen LogP contribution in [0.4, 0.5) is 14.5 Å². The van der Waals surface area contributed by atoms with Crippen molar-refractivity contribution < 1.29 is 8.78 Å². The normalized spacial score (nSPS) is 21.0. The molecule has 2 aromatic rings. The Kier molecular flexibility index (Phi) is 3.98. The van der Waals surface area contributed by atoms with E-state index < -0.39 is 11.6 Å². The Balaban J connectivity index is 1.65. The van der Waals surface area contributed by atoms with Crippen molar-refractivity contribution in [3.05, 3.63) is 63.6 Å². The molecular formula is C17H16BrF2N. The zero-order chi connectivity index (χ0) is 15.0. The molecule has 21 heavy (non-hydrogen) atoms. The van der Waals surface area contributed by atoms with Crippen molar-refractivity contribution in [1.29, 1.82) is 0 Å². The first-order chi connectivity index (χ1) is 10.0. The van der Waals surface area contributed by atoms with E-state index in [4.69, 9.17) is 0 Å². The molecule has 1 saturated carbocycles. The Morgan fingerprint density at radius 1 is 1.10 bits per heavy atom. The predicted octanol–water partition coefficient (Wildman–Crippen LogP) is 5.39. The van der Waals surface area contributed by atoms with Crippen LogP contribution < -0.4 is 5.32 Å². The SMILES string of the molecule is Cc1cccc(C2CC(Nc3c(F)cc(Br)cc3F)C2)c1. The summed E-state index contributed by atoms with van der Waals surface area (Å²) in [6.07, 6.45) is 1.80. The van der Waals surface area contributed by atoms with Crippen LogP contribution in [0.1, 0.15) is 29.9 Å². The second-order valence-corrected chi connectivity index (χ2v) is 6.58. The van der Waals surface area contributed by atoms with Crippen LogP contribution in [-0.2, 0) is 0 Å². The molecule has 0 atom stereocenters. The van der Waals surface area contributed by atoms with Crippen LogP contribution >= 0.6 is 15.9 Å². The molecule has 1 aliphatic carbocycles. The molecule has 2 aromatic carbocycles. The minimum Gasteiger partial charge on any atom is -0.378 e. The van der Waals surface area contributed by atoms with Gasteiger partial charge in [0.15, 0.2) is 0 Å². The Hall–Kier alpha value is -1.42. The third kappa shape index (κ3) is 3.10. The Bertz CT molecular complexity index is 643. The molecule has 4 heteroatoms. The van der Waals surface area contributed by atoms with Gasteiger partial charge in [0.2, 0.25) is 0 Å². The molecule has 0 bridgehead atoms. The summed E-state index contributed by atoms with van der Waals surface area (Å²) >= 11 is 3.08. The number of rotatable bonds is 3. The fourth-order valence-electron chi connectivity index (χ4n) is 2.82. The molecule has 1 aliphatic rings. The van der Waals surface area contributed by atoms with E-state index in [1.807, 2.05) is 0 Å². The van der Waals surface area contributed by atoms with Gasteiger partial charge in [-0.05, 0) is 43.4 Å². The molecular weight excluding hydrogens is 336 g/mol. The molecule has 0 unspecified atom stereocenters. The van der Waals surface area contributed by atoms with Crippen LogP contribution in [0.5, 0.6) is 0 Å². The fraction of sp³-hybridized carbons (Fsp3) is 0.294. The summed E-state index contributed by atoms with van der Waals surface area (Å²) in [6, 6.07) is 11.1. The molecule has 1 N–H and O–H groups in total. The van der Waals surface area contributed by atoms with Gasteiger partial charge in [-0.3, -0.25) is 0 Å². The first-order valence-corrected chi connectivity index (χ1v) is 7.80. The third-order valence-electron chi connectivity index (χ3n) is 4.01. The first-order valence-electron chi connectivity index (χ1n) is 7.00. The highest BCUT2D eigenvalue weighted by molar-refractivity contribution is 9.10. The van der Waals surface area contributed by atoms with Crippen molar-refractivity contribution in [3.63, 3.8) is 0 Å². The lowest BCUT2D eigenvalue weighted by Crippen LogP contribution is -2.34. The number of nitrogens with one attached hydrogen (secondary N) is 1. The largest absolute Gasteiger partial charge is 0.378 e. The quantitative estimate of drug-likeness (QED) is 0.781. The van der Waals surface area contributed by atoms with Gasteiger partial charge in [0, 0.05) is 10.5 Å². The van der Waals surface area contributed by atoms with Crippen molar-refractivity contribution in [2.75, 3.05) is 5.32 Å². The van der Waals surface area contributed by atoms with E-state index >= 15 is 0 Å². The van der Waals surface area contributed by atoms with Gasteiger partial charge in [-0.1, -0.05) is 45.8 Å². The van der Waals surface area contributed by atoms with E-state index in [9.17, 15) is 8.78 Å². The van der Waals surface area contributed by atoms with Crippen molar-refractivity contribution in [1.82, 2.24) is 0 Å². The summed E-state index contributed by atoms with van der Waals surface area (Å²) in [5.41, 5.74) is 2.53. The Morgan fingerprint density at radius 2 is 1.76 bits per heavy atom. The van der Waals surface area contributed by atoms with Crippen LogP contribution in [0.25, 0.3) is 0 Å². The highest BCUT2D eigenvalue weighted by atomic mass is 79.9. The van der Waals surface area contributed by atoms with Crippen molar-refractivity contribution in [2.24, 2.45) is 0 Å². The maximum atomic E-state index is 13.8. The first kappa shape index (κ1) is 14.5. The number of anilines is 1. The molecule has 110 valence electrons. The molecule has 0 saturated heterocycles. The number of aryl methyl sites for hydroxylation is 1. The monoisotopic (exact) mass is 351 g/mol. The summed E-state index contributed by atoms with van der Waals surface area (Å²) in [6.45, 7) is 2.07. The minimum atomic E-state index is -0.555. The van der Waals surface area contributed by atoms with Crippen LogP contribution in [0.15, 0.2) is 40.9 Å². The lowest BCUT2D eigenvalue weighted by molar-refractivity contribution is 0.371. The third-order valence-corrected chi connectivity index (χ3v) is 4.46. The number of benzene rings is 2. The smallest absolute Gasteiger partial charge is 0.150 e. The van der Waals surface area contributed by atoms with Crippen molar-refractivity contribution >= 4 is 21.6 Å². The molecule has 3 rings (SSSR count). The predicted molar refractivity (Wildman–Crippen MR) is 84.6 cm³/mol. The maximum Gasteiger partial charge on any atom is 0.150 e. The Morgan fingerprint density at radius 3 is 2.38 bits per heavy atom. The average molecular weight is 352 g/mol. The minimum absolute atomic E-state index is 0.0223. The Labute approximate surface area is 131 Å². The summed E-state index contributed by atoms with van der Waals surface area (Å²) in [7, 11) is 0. The molecule has 0 aromatic heterocycles. The molecule has 1 fully saturated rings. The van der Waals surface area contributed by atoms with Gasteiger partial charge in [-0.2, -0.15) is 0 Å². The van der Waals surface area contributed by atoms with Crippen LogP contribution in [-0.4, -0.2) is 6.04 Å². The second-order valence-electron chi connectivity index (χ2n) is 5.67. The molecule has 0 amide bonds. The van der Waals surface area contributed by atoms with Crippen LogP contribution in [0.3, 0.4) is 0 Å². The average Bonchev–Trinajstić information content (AvgIpc) is 2.35. The summed E-state index contributed by atoms with van der Waals surface area (Å²) in [4.78, 5) is 0. The van der Waals surface area contributed by atoms with Crippen molar-refractivity contribution in [2.45, 2.75) is 31.7 Å². The highest BCUT2D eigenvalue weighted by Gasteiger charge is 2.31. The molecule has 0 heterocycles. The van der Waals surface area contributed by atoms with E-state index in [0.717, 1.165) is 12.8 Å². The lowest BCUT2D eigenvalue weighted by atomic mass is 9.75. The van der Waals surface area contributed by atoms with Gasteiger partial charge < -0.3 is 5.32 Å². The molecule has 1 nitrogen and oxygen atoms in total. The molecule has 0 spiro atoms. The second kappa shape index (κ2) is 5.76. The van der Waals surface area contributed by atoms with E-state index in [2.05, 4.69) is 52.4 Å². The van der Waals surface area contributed by atoms with E-state index in [-0.39, 0.29) is 11.7 Å². The molecule has 0 radical (unpaired) electrons. The summed E-state index contributed by atoms with van der Waals surface area (Å²) < 4.78 is 28.0. The van der Waals surface area contributed by atoms with Gasteiger partial charge in [0.25, 0.3) is 0 Å². The number of halogens is 3. The zero-order valence-corrected chi connectivity index (χ0v) is 13.3. The highest BCUT2D eigenvalue weighted by Crippen LogP contribution is 2.39. The lowest BCUT2D eigenvalue weighted by Gasteiger charge is -2.37. The van der Waals surface area contributed by atoms with Crippen LogP contribution in [0.2, 0.25) is 0 Å². The van der Waals surface area contributed by atoms with Gasteiger partial charge >= 0.3 is 0 Å². The number of hydrogen-bond donors (Lipinski definition) is 1. The zero-order valence-electron chi connectivity index (χ0n) is 11.7. The standard InChI is InChI=1S/C17H16BrF2N/c1-10-3-2-4-11(5-10)12-6-14(7-12)21-17-15(19)8-13(18)9-16(17)20/h2-5,8-9,12,14,21H,6-7H2,1H3. The van der Waals surface area contributed by atoms with E-state index in [0.29, 0.717) is 10.4 Å². The summed E-state index contributed by atoms with van der Waals surface area (Å²) in [5.74, 6) is -0.634. The number of hydrogen-bond acceptors (Lipinski definition) is 1. The fourth-order valence-corrected chi connectivity index (χ4v) is 3.22. The maximum absolute atomic E-state index is 13.8. The molecule has 0 aliphatic heterocycles. The van der Waals surface area contributed by atoms with Gasteiger partial charge in [0.1, 0.15) is 17.3 Å². The topological polar surface area (TPSA) is 12.0 Å². The van der Waals surface area contributed by atoms with E-state index in [1.54, 1.807) is 0 Å².